The van der Waals surface area contributed by atoms with E-state index in [-0.39, 0.29) is 6.10 Å². The summed E-state index contributed by atoms with van der Waals surface area (Å²) in [5, 5.41) is -0.424. The lowest BCUT2D eigenvalue weighted by molar-refractivity contribution is -0.0359. The zero-order valence-electron chi connectivity index (χ0n) is 5.84. The molecule has 1 heterocycles. The lowest BCUT2D eigenvalue weighted by Crippen LogP contribution is -2.38. The number of amides is 1. The van der Waals surface area contributed by atoms with Gasteiger partial charge in [0.05, 0.1) is 6.10 Å². The molecule has 1 unspecified atom stereocenters. The van der Waals surface area contributed by atoms with Crippen molar-refractivity contribution in [2.24, 2.45) is 0 Å². The minimum atomic E-state index is -0.424. The Hall–Kier alpha value is -0.280. The maximum atomic E-state index is 10.5. The minimum Gasteiger partial charge on any atom is -0.358 e. The second-order valence-corrected chi connectivity index (χ2v) is 2.73. The van der Waals surface area contributed by atoms with E-state index < -0.39 is 5.37 Å². The van der Waals surface area contributed by atoms with Crippen LogP contribution in [-0.2, 0) is 4.74 Å². The van der Waals surface area contributed by atoms with E-state index >= 15 is 0 Å². The first-order valence-electron chi connectivity index (χ1n) is 3.26. The summed E-state index contributed by atoms with van der Waals surface area (Å²) < 4.78 is 5.17. The normalized spacial score (nSPS) is 26.6. The Morgan fingerprint density at radius 2 is 2.50 bits per heavy atom. The van der Waals surface area contributed by atoms with Crippen LogP contribution in [0.25, 0.3) is 0 Å². The topological polar surface area (TPSA) is 29.5 Å². The van der Waals surface area contributed by atoms with E-state index in [1.54, 1.807) is 0 Å². The first-order chi connectivity index (χ1) is 4.70. The van der Waals surface area contributed by atoms with E-state index in [2.05, 4.69) is 0 Å². The van der Waals surface area contributed by atoms with Crippen molar-refractivity contribution in [2.45, 2.75) is 19.4 Å². The summed E-state index contributed by atoms with van der Waals surface area (Å²) in [5.74, 6) is 0. The lowest BCUT2D eigenvalue weighted by atomic mass is 10.2. The van der Waals surface area contributed by atoms with Gasteiger partial charge in [-0.1, -0.05) is 0 Å². The summed E-state index contributed by atoms with van der Waals surface area (Å²) in [5.41, 5.74) is 0. The smallest absolute Gasteiger partial charge is 0.318 e. The molecule has 1 aliphatic heterocycles. The summed E-state index contributed by atoms with van der Waals surface area (Å²) in [7, 11) is 0. The molecule has 3 nitrogen and oxygen atoms in total. The van der Waals surface area contributed by atoms with Crippen molar-refractivity contribution in [3.63, 3.8) is 0 Å². The highest BCUT2D eigenvalue weighted by molar-refractivity contribution is 6.62. The maximum Gasteiger partial charge on any atom is 0.318 e. The predicted octanol–water partition coefficient (Wildman–Crippen LogP) is 1.41. The van der Waals surface area contributed by atoms with Crippen molar-refractivity contribution in [1.82, 2.24) is 4.90 Å². The second-order valence-electron chi connectivity index (χ2n) is 2.41. The van der Waals surface area contributed by atoms with Crippen molar-refractivity contribution < 1.29 is 9.53 Å². The van der Waals surface area contributed by atoms with Crippen molar-refractivity contribution in [1.29, 1.82) is 0 Å². The van der Waals surface area contributed by atoms with Crippen molar-refractivity contribution >= 4 is 17.0 Å². The largest absolute Gasteiger partial charge is 0.358 e. The average Bonchev–Trinajstić information content (AvgIpc) is 1.88. The van der Waals surface area contributed by atoms with Crippen LogP contribution in [0.3, 0.4) is 0 Å². The molecule has 58 valence electrons. The predicted molar refractivity (Wildman–Crippen MR) is 38.0 cm³/mol. The Balaban J connectivity index is 2.33. The van der Waals surface area contributed by atoms with Crippen LogP contribution in [-0.4, -0.2) is 29.6 Å². The number of carbonyl (C=O) groups is 1. The van der Waals surface area contributed by atoms with E-state index in [1.165, 1.54) is 4.90 Å². The van der Waals surface area contributed by atoms with Gasteiger partial charge in [-0.25, -0.2) is 0 Å². The maximum absolute atomic E-state index is 10.5. The molecule has 0 saturated carbocycles. The van der Waals surface area contributed by atoms with E-state index in [0.717, 1.165) is 6.42 Å². The molecule has 1 aliphatic rings. The monoisotopic (exact) mass is 163 g/mol. The Kier molecular flexibility index (Phi) is 2.51. The van der Waals surface area contributed by atoms with Gasteiger partial charge in [-0.3, -0.25) is 4.79 Å². The summed E-state index contributed by atoms with van der Waals surface area (Å²) in [6.45, 7) is 3.03. The zero-order valence-corrected chi connectivity index (χ0v) is 6.60. The molecule has 0 spiro atoms. The lowest BCUT2D eigenvalue weighted by Gasteiger charge is -2.28. The molecule has 0 bridgehead atoms. The fourth-order valence-corrected chi connectivity index (χ4v) is 0.975. The number of carbonyl (C=O) groups excluding carboxylic acids is 1. The van der Waals surface area contributed by atoms with Gasteiger partial charge < -0.3 is 9.64 Å². The number of ether oxygens (including phenoxy) is 1. The van der Waals surface area contributed by atoms with Crippen LogP contribution >= 0.6 is 11.6 Å². The minimum absolute atomic E-state index is 0.257. The molecule has 0 radical (unpaired) electrons. The Morgan fingerprint density at radius 3 is 2.90 bits per heavy atom. The van der Waals surface area contributed by atoms with E-state index in [9.17, 15) is 4.79 Å². The second kappa shape index (κ2) is 3.21. The number of nitrogens with zero attached hydrogens (tertiary/aromatic N) is 1. The third-order valence-corrected chi connectivity index (χ3v) is 1.81. The quantitative estimate of drug-likeness (QED) is 0.399. The van der Waals surface area contributed by atoms with Crippen molar-refractivity contribution in [2.75, 3.05) is 13.3 Å². The van der Waals surface area contributed by atoms with Crippen LogP contribution < -0.4 is 0 Å². The van der Waals surface area contributed by atoms with E-state index in [0.29, 0.717) is 13.3 Å². The molecule has 1 atom stereocenters. The molecule has 0 aromatic carbocycles. The van der Waals surface area contributed by atoms with Gasteiger partial charge in [0.25, 0.3) is 0 Å². The van der Waals surface area contributed by atoms with Crippen LogP contribution in [0, 0.1) is 0 Å². The van der Waals surface area contributed by atoms with Crippen LogP contribution in [0.15, 0.2) is 0 Å². The van der Waals surface area contributed by atoms with Gasteiger partial charge in [0, 0.05) is 6.54 Å². The standard InChI is InChI=1S/C6H10ClNO2/c1-5-2-3-8(4-10-5)6(7)9/h5H,2-4H2,1H3. The Labute approximate surface area is 64.9 Å². The molecule has 0 N–H and O–H groups in total. The number of hydrogen-bond donors (Lipinski definition) is 0. The summed E-state index contributed by atoms with van der Waals surface area (Å²) in [6.07, 6.45) is 1.13. The third-order valence-electron chi connectivity index (χ3n) is 1.57. The number of halogens is 1. The molecule has 10 heavy (non-hydrogen) atoms. The van der Waals surface area contributed by atoms with E-state index in [1.807, 2.05) is 6.92 Å². The highest BCUT2D eigenvalue weighted by Gasteiger charge is 2.18. The molecule has 0 aromatic rings. The molecule has 1 amide bonds. The first-order valence-corrected chi connectivity index (χ1v) is 3.64. The highest BCUT2D eigenvalue weighted by atomic mass is 35.5. The fourth-order valence-electron chi connectivity index (χ4n) is 0.841. The molecule has 0 aliphatic carbocycles. The first kappa shape index (κ1) is 7.82. The van der Waals surface area contributed by atoms with E-state index in [4.69, 9.17) is 16.3 Å². The Bertz CT molecular complexity index is 132. The third kappa shape index (κ3) is 1.85. The van der Waals surface area contributed by atoms with Gasteiger partial charge >= 0.3 is 5.37 Å². The van der Waals surface area contributed by atoms with Crippen LogP contribution in [0.4, 0.5) is 4.79 Å². The van der Waals surface area contributed by atoms with Gasteiger partial charge in [0.15, 0.2) is 0 Å². The van der Waals surface area contributed by atoms with Crippen molar-refractivity contribution in [3.8, 4) is 0 Å². The van der Waals surface area contributed by atoms with Gasteiger partial charge in [-0.15, -0.1) is 0 Å². The number of rotatable bonds is 0. The molecule has 0 aromatic heterocycles. The molecule has 1 saturated heterocycles. The van der Waals surface area contributed by atoms with Crippen LogP contribution in [0.1, 0.15) is 13.3 Å². The molecule has 4 heteroatoms. The summed E-state index contributed by atoms with van der Waals surface area (Å²) >= 11 is 5.21. The number of hydrogen-bond acceptors (Lipinski definition) is 2. The van der Waals surface area contributed by atoms with Gasteiger partial charge in [0.1, 0.15) is 6.73 Å². The zero-order chi connectivity index (χ0) is 7.56. The molecular formula is C6H10ClNO2. The summed E-state index contributed by atoms with van der Waals surface area (Å²) in [6, 6.07) is 0. The SMILES string of the molecule is CC1CCN(C(=O)Cl)CO1. The van der Waals surface area contributed by atoms with Gasteiger partial charge in [-0.2, -0.15) is 0 Å². The van der Waals surface area contributed by atoms with Gasteiger partial charge in [-0.05, 0) is 24.9 Å². The van der Waals surface area contributed by atoms with Crippen molar-refractivity contribution in [3.05, 3.63) is 0 Å². The average molecular weight is 164 g/mol. The highest BCUT2D eigenvalue weighted by Crippen LogP contribution is 2.09. The molecule has 1 rings (SSSR count). The molecule has 1 fully saturated rings. The van der Waals surface area contributed by atoms with Gasteiger partial charge in [0.2, 0.25) is 0 Å². The van der Waals surface area contributed by atoms with Crippen LogP contribution in [0.2, 0.25) is 0 Å². The van der Waals surface area contributed by atoms with Crippen LogP contribution in [0.5, 0.6) is 0 Å². The summed E-state index contributed by atoms with van der Waals surface area (Å²) in [4.78, 5) is 12.0. The molecular weight excluding hydrogens is 154 g/mol. The Morgan fingerprint density at radius 1 is 1.80 bits per heavy atom. The fraction of sp³-hybridized carbons (Fsp3) is 0.833.